The van der Waals surface area contributed by atoms with Crippen LogP contribution in [0.2, 0.25) is 0 Å². The molecule has 6 nitrogen and oxygen atoms in total. The van der Waals surface area contributed by atoms with Crippen LogP contribution in [0.4, 0.5) is 0 Å². The molecule has 0 aliphatic rings. The Morgan fingerprint density at radius 1 is 0.938 bits per heavy atom. The molecule has 0 spiro atoms. The fourth-order valence-corrected chi connectivity index (χ4v) is 4.77. The molecule has 3 aromatic carbocycles. The third-order valence-electron chi connectivity index (χ3n) is 5.04. The molecule has 7 heteroatoms. The number of hydrogen-bond acceptors (Lipinski definition) is 6. The Kier molecular flexibility index (Phi) is 6.56. The number of phenolic OH excluding ortho intramolecular Hbond substituents is 2. The van der Waals surface area contributed by atoms with Crippen LogP contribution in [0.1, 0.15) is 21.9 Å². The van der Waals surface area contributed by atoms with E-state index < -0.39 is 12.6 Å². The second kappa shape index (κ2) is 9.70. The van der Waals surface area contributed by atoms with E-state index in [0.29, 0.717) is 11.3 Å². The Hall–Kier alpha value is -3.58. The van der Waals surface area contributed by atoms with Gasteiger partial charge in [-0.15, -0.1) is 11.8 Å². The third kappa shape index (κ3) is 5.00. The maximum absolute atomic E-state index is 10.8. The number of carbonyl (C=O) groups is 1. The minimum Gasteiger partial charge on any atom is -0.508 e. The number of aliphatic carboxylic acids is 1. The van der Waals surface area contributed by atoms with Gasteiger partial charge in [0, 0.05) is 5.39 Å². The van der Waals surface area contributed by atoms with E-state index in [1.807, 2.05) is 36.4 Å². The lowest BCUT2D eigenvalue weighted by molar-refractivity contribution is -0.139. The van der Waals surface area contributed by atoms with Crippen molar-refractivity contribution in [1.29, 1.82) is 0 Å². The molecule has 1 heterocycles. The number of phenols is 2. The zero-order valence-electron chi connectivity index (χ0n) is 17.1. The lowest BCUT2D eigenvalue weighted by Crippen LogP contribution is -2.09. The number of rotatable bonds is 9. The standard InChI is InChI=1S/C25H22O6S/c26-19-8-4-16(5-9-19)25(17-6-10-20(27)11-7-17)32-13-12-18-14-31-24-21(18)2-1-3-22(24)30-15-23(28)29/h1-11,14,25-27H,12-13,15H2,(H,28,29). The summed E-state index contributed by atoms with van der Waals surface area (Å²) in [6, 6.07) is 19.7. The van der Waals surface area contributed by atoms with E-state index in [0.717, 1.165) is 34.3 Å². The topological polar surface area (TPSA) is 100 Å². The van der Waals surface area contributed by atoms with E-state index in [4.69, 9.17) is 14.3 Å². The van der Waals surface area contributed by atoms with Crippen LogP contribution in [0.25, 0.3) is 11.0 Å². The Labute approximate surface area is 189 Å². The monoisotopic (exact) mass is 450 g/mol. The molecule has 0 saturated heterocycles. The van der Waals surface area contributed by atoms with E-state index in [2.05, 4.69) is 0 Å². The zero-order chi connectivity index (χ0) is 22.5. The molecule has 0 saturated carbocycles. The summed E-state index contributed by atoms with van der Waals surface area (Å²) in [4.78, 5) is 10.8. The number of carboxylic acids is 1. The highest BCUT2D eigenvalue weighted by atomic mass is 32.2. The number of aromatic hydroxyl groups is 2. The van der Waals surface area contributed by atoms with Crippen molar-refractivity contribution in [2.45, 2.75) is 11.7 Å². The number of para-hydroxylation sites is 1. The van der Waals surface area contributed by atoms with Crippen molar-refractivity contribution in [3.63, 3.8) is 0 Å². The Morgan fingerprint density at radius 3 is 2.16 bits per heavy atom. The van der Waals surface area contributed by atoms with Crippen molar-refractivity contribution in [3.05, 3.63) is 89.7 Å². The molecule has 0 bridgehead atoms. The number of ether oxygens (including phenoxy) is 1. The van der Waals surface area contributed by atoms with E-state index in [1.54, 1.807) is 48.4 Å². The van der Waals surface area contributed by atoms with E-state index >= 15 is 0 Å². The van der Waals surface area contributed by atoms with Gasteiger partial charge in [0.1, 0.15) is 11.5 Å². The van der Waals surface area contributed by atoms with Crippen LogP contribution in [0.5, 0.6) is 17.2 Å². The fourth-order valence-electron chi connectivity index (χ4n) is 3.50. The summed E-state index contributed by atoms with van der Waals surface area (Å²) in [5.41, 5.74) is 3.67. The number of aryl methyl sites for hydroxylation is 1. The fraction of sp³-hybridized carbons (Fsp3) is 0.160. The maximum Gasteiger partial charge on any atom is 0.341 e. The van der Waals surface area contributed by atoms with Crippen molar-refractivity contribution in [3.8, 4) is 17.2 Å². The van der Waals surface area contributed by atoms with Gasteiger partial charge in [0.15, 0.2) is 17.9 Å². The Morgan fingerprint density at radius 2 is 1.56 bits per heavy atom. The molecule has 0 radical (unpaired) electrons. The average molecular weight is 451 g/mol. The second-order valence-corrected chi connectivity index (χ2v) is 8.47. The molecule has 164 valence electrons. The van der Waals surface area contributed by atoms with Crippen molar-refractivity contribution < 1.29 is 29.3 Å². The third-order valence-corrected chi connectivity index (χ3v) is 6.36. The van der Waals surface area contributed by atoms with Gasteiger partial charge >= 0.3 is 5.97 Å². The van der Waals surface area contributed by atoms with Crippen LogP contribution in [0.3, 0.4) is 0 Å². The van der Waals surface area contributed by atoms with Crippen molar-refractivity contribution in [2.75, 3.05) is 12.4 Å². The van der Waals surface area contributed by atoms with Crippen molar-refractivity contribution >= 4 is 28.7 Å². The van der Waals surface area contributed by atoms with Crippen LogP contribution in [0.15, 0.2) is 77.4 Å². The van der Waals surface area contributed by atoms with Crippen LogP contribution in [0, 0.1) is 0 Å². The van der Waals surface area contributed by atoms with Crippen molar-refractivity contribution in [2.24, 2.45) is 0 Å². The van der Waals surface area contributed by atoms with Gasteiger partial charge in [-0.05, 0) is 59.2 Å². The van der Waals surface area contributed by atoms with Crippen molar-refractivity contribution in [1.82, 2.24) is 0 Å². The van der Waals surface area contributed by atoms with Gasteiger partial charge in [0.05, 0.1) is 11.5 Å². The lowest BCUT2D eigenvalue weighted by atomic mass is 10.0. The first-order valence-electron chi connectivity index (χ1n) is 10.0. The highest BCUT2D eigenvalue weighted by Gasteiger charge is 2.17. The molecular weight excluding hydrogens is 428 g/mol. The average Bonchev–Trinajstić information content (AvgIpc) is 3.20. The number of thioether (sulfide) groups is 1. The molecule has 0 atom stereocenters. The van der Waals surface area contributed by atoms with Crippen LogP contribution in [-0.2, 0) is 11.2 Å². The highest BCUT2D eigenvalue weighted by molar-refractivity contribution is 7.99. The van der Waals surface area contributed by atoms with E-state index in [1.165, 1.54) is 0 Å². The molecule has 4 aromatic rings. The van der Waals surface area contributed by atoms with Gasteiger partial charge in [-0.1, -0.05) is 36.4 Å². The van der Waals surface area contributed by atoms with Gasteiger partial charge in [0.2, 0.25) is 0 Å². The molecular formula is C25H22O6S. The predicted octanol–water partition coefficient (Wildman–Crippen LogP) is 5.37. The summed E-state index contributed by atoms with van der Waals surface area (Å²) in [7, 11) is 0. The number of benzene rings is 3. The number of hydrogen-bond donors (Lipinski definition) is 3. The van der Waals surface area contributed by atoms with Crippen LogP contribution >= 0.6 is 11.8 Å². The number of furan rings is 1. The number of carboxylic acid groups (broad SMARTS) is 1. The molecule has 0 fully saturated rings. The summed E-state index contributed by atoms with van der Waals surface area (Å²) in [6.07, 6.45) is 2.43. The summed E-state index contributed by atoms with van der Waals surface area (Å²) in [6.45, 7) is -0.425. The second-order valence-electron chi connectivity index (χ2n) is 7.26. The van der Waals surface area contributed by atoms with Gasteiger partial charge in [-0.2, -0.15) is 0 Å². The van der Waals surface area contributed by atoms with Gasteiger partial charge in [-0.25, -0.2) is 4.79 Å². The smallest absolute Gasteiger partial charge is 0.341 e. The van der Waals surface area contributed by atoms with Gasteiger partial charge in [-0.3, -0.25) is 0 Å². The molecule has 1 aromatic heterocycles. The summed E-state index contributed by atoms with van der Waals surface area (Å²) in [5.74, 6) is 0.596. The minimum atomic E-state index is -1.04. The maximum atomic E-state index is 10.8. The predicted molar refractivity (Wildman–Crippen MR) is 124 cm³/mol. The summed E-state index contributed by atoms with van der Waals surface area (Å²) < 4.78 is 11.0. The largest absolute Gasteiger partial charge is 0.508 e. The van der Waals surface area contributed by atoms with E-state index in [9.17, 15) is 15.0 Å². The number of fused-ring (bicyclic) bond motifs is 1. The summed E-state index contributed by atoms with van der Waals surface area (Å²) in [5, 5.41) is 29.1. The first kappa shape index (κ1) is 21.6. The lowest BCUT2D eigenvalue weighted by Gasteiger charge is -2.18. The molecule has 32 heavy (non-hydrogen) atoms. The van der Waals surface area contributed by atoms with Crippen LogP contribution < -0.4 is 4.74 Å². The van der Waals surface area contributed by atoms with Gasteiger partial charge in [0.25, 0.3) is 0 Å². The molecule has 3 N–H and O–H groups in total. The van der Waals surface area contributed by atoms with Crippen LogP contribution in [-0.4, -0.2) is 33.6 Å². The first-order chi connectivity index (χ1) is 15.5. The first-order valence-corrected chi connectivity index (χ1v) is 11.1. The zero-order valence-corrected chi connectivity index (χ0v) is 17.9. The van der Waals surface area contributed by atoms with E-state index in [-0.39, 0.29) is 16.7 Å². The summed E-state index contributed by atoms with van der Waals surface area (Å²) >= 11 is 1.75. The highest BCUT2D eigenvalue weighted by Crippen LogP contribution is 2.38. The molecule has 0 aliphatic carbocycles. The normalized spacial score (nSPS) is 11.2. The molecule has 0 aliphatic heterocycles. The SMILES string of the molecule is O=C(O)COc1cccc2c(CCSC(c3ccc(O)cc3)c3ccc(O)cc3)coc12. The van der Waals surface area contributed by atoms with Gasteiger partial charge < -0.3 is 24.5 Å². The Balaban J connectivity index is 1.51. The molecule has 0 amide bonds. The molecule has 0 unspecified atom stereocenters. The Bertz CT molecular complexity index is 1150. The quantitative estimate of drug-likeness (QED) is 0.315. The minimum absolute atomic E-state index is 0.0313. The molecule has 4 rings (SSSR count).